The van der Waals surface area contributed by atoms with Gasteiger partial charge in [-0.05, 0) is 61.3 Å². The van der Waals surface area contributed by atoms with Crippen LogP contribution in [0, 0.1) is 5.82 Å². The Morgan fingerprint density at radius 1 is 1.23 bits per heavy atom. The van der Waals surface area contributed by atoms with Crippen LogP contribution in [0.1, 0.15) is 24.0 Å². The summed E-state index contributed by atoms with van der Waals surface area (Å²) in [5.41, 5.74) is 2.52. The summed E-state index contributed by atoms with van der Waals surface area (Å²) in [6, 6.07) is 12.4. The van der Waals surface area contributed by atoms with E-state index in [4.69, 9.17) is 4.74 Å². The van der Waals surface area contributed by atoms with Crippen LogP contribution in [0.2, 0.25) is 0 Å². The SMILES string of the molecule is COc1ccc(/C=C/C(=O)Nc2ccccc2CN2CCCC2)cc1F. The number of para-hydroxylation sites is 1. The molecule has 1 aliphatic heterocycles. The van der Waals surface area contributed by atoms with Gasteiger partial charge >= 0.3 is 0 Å². The molecule has 0 saturated carbocycles. The third-order valence-corrected chi connectivity index (χ3v) is 4.47. The molecule has 1 heterocycles. The van der Waals surface area contributed by atoms with Gasteiger partial charge in [-0.2, -0.15) is 0 Å². The van der Waals surface area contributed by atoms with Gasteiger partial charge in [-0.1, -0.05) is 24.3 Å². The highest BCUT2D eigenvalue weighted by molar-refractivity contribution is 6.02. The van der Waals surface area contributed by atoms with E-state index in [0.29, 0.717) is 5.56 Å². The Kier molecular flexibility index (Phi) is 6.02. The molecule has 4 nitrogen and oxygen atoms in total. The van der Waals surface area contributed by atoms with Gasteiger partial charge in [0, 0.05) is 18.3 Å². The second-order valence-electron chi connectivity index (χ2n) is 6.36. The zero-order chi connectivity index (χ0) is 18.4. The predicted octanol–water partition coefficient (Wildman–Crippen LogP) is 4.08. The zero-order valence-corrected chi connectivity index (χ0v) is 14.9. The van der Waals surface area contributed by atoms with E-state index in [1.54, 1.807) is 12.1 Å². The average molecular weight is 354 g/mol. The molecule has 0 spiro atoms. The van der Waals surface area contributed by atoms with Gasteiger partial charge in [-0.3, -0.25) is 9.69 Å². The van der Waals surface area contributed by atoms with E-state index in [0.717, 1.165) is 30.9 Å². The standard InChI is InChI=1S/C21H23FN2O2/c1-26-20-10-8-16(14-18(20)22)9-11-21(25)23-19-7-3-2-6-17(19)15-24-12-4-5-13-24/h2-3,6-11,14H,4-5,12-13,15H2,1H3,(H,23,25)/b11-9+. The number of hydrogen-bond donors (Lipinski definition) is 1. The topological polar surface area (TPSA) is 41.6 Å². The Hall–Kier alpha value is -2.66. The van der Waals surface area contributed by atoms with Gasteiger partial charge in [0.1, 0.15) is 0 Å². The fourth-order valence-corrected chi connectivity index (χ4v) is 3.09. The number of anilines is 1. The van der Waals surface area contributed by atoms with E-state index >= 15 is 0 Å². The highest BCUT2D eigenvalue weighted by atomic mass is 19.1. The zero-order valence-electron chi connectivity index (χ0n) is 14.9. The molecule has 0 radical (unpaired) electrons. The number of likely N-dealkylation sites (tertiary alicyclic amines) is 1. The van der Waals surface area contributed by atoms with Gasteiger partial charge in [0.25, 0.3) is 0 Å². The summed E-state index contributed by atoms with van der Waals surface area (Å²) in [4.78, 5) is 14.6. The summed E-state index contributed by atoms with van der Waals surface area (Å²) in [5, 5.41) is 2.92. The molecule has 0 atom stereocenters. The number of benzene rings is 2. The number of carbonyl (C=O) groups is 1. The Balaban J connectivity index is 1.65. The molecule has 136 valence electrons. The molecule has 2 aromatic carbocycles. The van der Waals surface area contributed by atoms with Crippen LogP contribution in [0.25, 0.3) is 6.08 Å². The molecule has 26 heavy (non-hydrogen) atoms. The van der Waals surface area contributed by atoms with Crippen molar-refractivity contribution in [3.05, 3.63) is 65.5 Å². The van der Waals surface area contributed by atoms with Gasteiger partial charge in [0.15, 0.2) is 11.6 Å². The van der Waals surface area contributed by atoms with Crippen molar-refractivity contribution in [1.29, 1.82) is 0 Å². The van der Waals surface area contributed by atoms with Gasteiger partial charge in [0.2, 0.25) is 5.91 Å². The molecule has 1 aliphatic rings. The first-order valence-electron chi connectivity index (χ1n) is 8.78. The summed E-state index contributed by atoms with van der Waals surface area (Å²) >= 11 is 0. The van der Waals surface area contributed by atoms with Crippen LogP contribution >= 0.6 is 0 Å². The smallest absolute Gasteiger partial charge is 0.248 e. The van der Waals surface area contributed by atoms with Crippen LogP contribution < -0.4 is 10.1 Å². The first-order chi connectivity index (χ1) is 12.7. The average Bonchev–Trinajstić information content (AvgIpc) is 3.15. The van der Waals surface area contributed by atoms with Crippen molar-refractivity contribution in [3.63, 3.8) is 0 Å². The van der Waals surface area contributed by atoms with E-state index in [-0.39, 0.29) is 11.7 Å². The molecular formula is C21H23FN2O2. The molecule has 1 saturated heterocycles. The minimum Gasteiger partial charge on any atom is -0.494 e. The molecule has 0 aromatic heterocycles. The lowest BCUT2D eigenvalue weighted by molar-refractivity contribution is -0.111. The maximum absolute atomic E-state index is 13.7. The number of carbonyl (C=O) groups excluding carboxylic acids is 1. The minimum absolute atomic E-state index is 0.183. The van der Waals surface area contributed by atoms with E-state index < -0.39 is 5.82 Å². The van der Waals surface area contributed by atoms with E-state index in [1.165, 1.54) is 38.2 Å². The Bertz CT molecular complexity index is 798. The summed E-state index contributed by atoms with van der Waals surface area (Å²) in [7, 11) is 1.42. The highest BCUT2D eigenvalue weighted by Crippen LogP contribution is 2.21. The molecule has 0 bridgehead atoms. The van der Waals surface area contributed by atoms with Crippen LogP contribution in [0.4, 0.5) is 10.1 Å². The largest absolute Gasteiger partial charge is 0.494 e. The van der Waals surface area contributed by atoms with Gasteiger partial charge in [-0.15, -0.1) is 0 Å². The third kappa shape index (κ3) is 4.70. The van der Waals surface area contributed by atoms with E-state index in [1.807, 2.05) is 24.3 Å². The second kappa shape index (κ2) is 8.63. The summed E-state index contributed by atoms with van der Waals surface area (Å²) in [6.45, 7) is 3.04. The number of hydrogen-bond acceptors (Lipinski definition) is 3. The van der Waals surface area contributed by atoms with Crippen LogP contribution in [-0.2, 0) is 11.3 Å². The van der Waals surface area contributed by atoms with Crippen molar-refractivity contribution < 1.29 is 13.9 Å². The maximum atomic E-state index is 13.7. The van der Waals surface area contributed by atoms with Crippen LogP contribution in [0.3, 0.4) is 0 Å². The van der Waals surface area contributed by atoms with Crippen LogP contribution in [-0.4, -0.2) is 31.0 Å². The quantitative estimate of drug-likeness (QED) is 0.795. The van der Waals surface area contributed by atoms with Crippen molar-refractivity contribution >= 4 is 17.7 Å². The molecule has 0 unspecified atom stereocenters. The van der Waals surface area contributed by atoms with Gasteiger partial charge in [-0.25, -0.2) is 4.39 Å². The lowest BCUT2D eigenvalue weighted by atomic mass is 10.1. The maximum Gasteiger partial charge on any atom is 0.248 e. The highest BCUT2D eigenvalue weighted by Gasteiger charge is 2.14. The van der Waals surface area contributed by atoms with Gasteiger partial charge in [0.05, 0.1) is 7.11 Å². The lowest BCUT2D eigenvalue weighted by Gasteiger charge is -2.17. The van der Waals surface area contributed by atoms with Crippen LogP contribution in [0.15, 0.2) is 48.5 Å². The fourth-order valence-electron chi connectivity index (χ4n) is 3.09. The van der Waals surface area contributed by atoms with Crippen molar-refractivity contribution in [2.75, 3.05) is 25.5 Å². The van der Waals surface area contributed by atoms with E-state index in [2.05, 4.69) is 10.2 Å². The van der Waals surface area contributed by atoms with Crippen molar-refractivity contribution in [2.45, 2.75) is 19.4 Å². The van der Waals surface area contributed by atoms with Crippen LogP contribution in [0.5, 0.6) is 5.75 Å². The molecule has 1 fully saturated rings. The molecular weight excluding hydrogens is 331 g/mol. The Morgan fingerprint density at radius 3 is 2.73 bits per heavy atom. The first-order valence-corrected chi connectivity index (χ1v) is 8.78. The number of nitrogens with one attached hydrogen (secondary N) is 1. The number of methoxy groups -OCH3 is 1. The molecule has 1 amide bonds. The molecule has 0 aliphatic carbocycles. The summed E-state index contributed by atoms with van der Waals surface area (Å²) in [6.07, 6.45) is 5.46. The predicted molar refractivity (Wildman–Crippen MR) is 102 cm³/mol. The molecule has 3 rings (SSSR count). The van der Waals surface area contributed by atoms with Gasteiger partial charge < -0.3 is 10.1 Å². The lowest BCUT2D eigenvalue weighted by Crippen LogP contribution is -2.20. The Morgan fingerprint density at radius 2 is 2.00 bits per heavy atom. The Labute approximate surface area is 153 Å². The fraction of sp³-hybridized carbons (Fsp3) is 0.286. The van der Waals surface area contributed by atoms with E-state index in [9.17, 15) is 9.18 Å². The molecule has 5 heteroatoms. The monoisotopic (exact) mass is 354 g/mol. The number of halogens is 1. The number of rotatable bonds is 6. The summed E-state index contributed by atoms with van der Waals surface area (Å²) < 4.78 is 18.6. The second-order valence-corrected chi connectivity index (χ2v) is 6.36. The molecule has 1 N–H and O–H groups in total. The minimum atomic E-state index is -0.453. The van der Waals surface area contributed by atoms with Crippen molar-refractivity contribution in [1.82, 2.24) is 4.90 Å². The van der Waals surface area contributed by atoms with Crippen molar-refractivity contribution in [2.24, 2.45) is 0 Å². The third-order valence-electron chi connectivity index (χ3n) is 4.47. The normalized spacial score (nSPS) is 14.7. The summed E-state index contributed by atoms with van der Waals surface area (Å²) in [5.74, 6) is -0.511. The molecule has 2 aromatic rings. The number of nitrogens with zero attached hydrogens (tertiary/aromatic N) is 1. The number of ether oxygens (including phenoxy) is 1. The first kappa shape index (κ1) is 18.1. The van der Waals surface area contributed by atoms with Crippen molar-refractivity contribution in [3.8, 4) is 5.75 Å². The number of amides is 1.